The average molecular weight is 246 g/mol. The molecule has 17 heavy (non-hydrogen) atoms. The normalized spacial score (nSPS) is 13.8. The van der Waals surface area contributed by atoms with E-state index in [1.54, 1.807) is 6.92 Å². The van der Waals surface area contributed by atoms with Crippen molar-refractivity contribution in [3.05, 3.63) is 0 Å². The minimum Gasteiger partial charge on any atom is -0.480 e. The Morgan fingerprint density at radius 2 is 2.00 bits per heavy atom. The van der Waals surface area contributed by atoms with Crippen LogP contribution in [-0.4, -0.2) is 42.1 Å². The molecule has 0 aliphatic heterocycles. The van der Waals surface area contributed by atoms with E-state index < -0.39 is 30.2 Å². The van der Waals surface area contributed by atoms with Gasteiger partial charge >= 0.3 is 5.97 Å². The summed E-state index contributed by atoms with van der Waals surface area (Å²) in [4.78, 5) is 32.7. The number of hydrogen-bond donors (Lipinski definition) is 3. The molecule has 0 aliphatic carbocycles. The highest BCUT2D eigenvalue weighted by atomic mass is 16.5. The summed E-state index contributed by atoms with van der Waals surface area (Å²) >= 11 is 0. The molecule has 0 rings (SSSR count). The lowest BCUT2D eigenvalue weighted by atomic mass is 10.1. The minimum atomic E-state index is -1.28. The van der Waals surface area contributed by atoms with Crippen LogP contribution >= 0.6 is 0 Å². The minimum absolute atomic E-state index is 0.0832. The molecule has 7 nitrogen and oxygen atoms in total. The van der Waals surface area contributed by atoms with Gasteiger partial charge in [-0.3, -0.25) is 9.59 Å². The molecule has 2 atom stereocenters. The van der Waals surface area contributed by atoms with E-state index in [0.29, 0.717) is 6.42 Å². The number of methoxy groups -OCH3 is 1. The number of rotatable bonds is 8. The summed E-state index contributed by atoms with van der Waals surface area (Å²) in [6.07, 6.45) is 0.115. The van der Waals surface area contributed by atoms with Crippen molar-refractivity contribution in [1.29, 1.82) is 0 Å². The molecular weight excluding hydrogens is 228 g/mol. The molecule has 0 fully saturated rings. The maximum atomic E-state index is 11.4. The van der Waals surface area contributed by atoms with Crippen LogP contribution in [0.2, 0.25) is 0 Å². The maximum absolute atomic E-state index is 11.4. The number of carboxylic acid groups (broad SMARTS) is 1. The molecule has 0 saturated heterocycles. The van der Waals surface area contributed by atoms with E-state index in [9.17, 15) is 14.4 Å². The highest BCUT2D eigenvalue weighted by molar-refractivity contribution is 5.88. The van der Waals surface area contributed by atoms with Gasteiger partial charge in [-0.25, -0.2) is 4.79 Å². The Hall–Kier alpha value is -1.63. The molecule has 98 valence electrons. The summed E-state index contributed by atoms with van der Waals surface area (Å²) in [6.45, 7) is 1.80. The highest BCUT2D eigenvalue weighted by Gasteiger charge is 2.21. The molecule has 0 spiro atoms. The van der Waals surface area contributed by atoms with E-state index in [1.807, 2.05) is 0 Å². The number of carboxylic acids is 1. The van der Waals surface area contributed by atoms with Gasteiger partial charge in [0.15, 0.2) is 0 Å². The molecule has 0 saturated carbocycles. The van der Waals surface area contributed by atoms with Crippen LogP contribution in [0, 0.1) is 0 Å². The fourth-order valence-electron chi connectivity index (χ4n) is 1.12. The molecule has 4 N–H and O–H groups in total. The number of amides is 2. The van der Waals surface area contributed by atoms with E-state index in [0.717, 1.165) is 0 Å². The summed E-state index contributed by atoms with van der Waals surface area (Å²) in [6, 6.07) is -1.27. The fraction of sp³-hybridized carbons (Fsp3) is 0.700. The molecule has 2 amide bonds. The van der Waals surface area contributed by atoms with E-state index in [2.05, 4.69) is 5.32 Å². The predicted octanol–water partition coefficient (Wildman–Crippen LogP) is -0.754. The molecule has 7 heteroatoms. The van der Waals surface area contributed by atoms with Gasteiger partial charge in [-0.1, -0.05) is 0 Å². The molecule has 0 radical (unpaired) electrons. The van der Waals surface area contributed by atoms with Crippen molar-refractivity contribution in [2.45, 2.75) is 38.3 Å². The number of hydrogen-bond acceptors (Lipinski definition) is 4. The third kappa shape index (κ3) is 7.29. The second-order valence-corrected chi connectivity index (χ2v) is 3.71. The van der Waals surface area contributed by atoms with Crippen LogP contribution in [0.5, 0.6) is 0 Å². The van der Waals surface area contributed by atoms with Crippen molar-refractivity contribution >= 4 is 17.8 Å². The van der Waals surface area contributed by atoms with Crippen molar-refractivity contribution in [1.82, 2.24) is 5.32 Å². The van der Waals surface area contributed by atoms with Crippen LogP contribution in [0.15, 0.2) is 0 Å². The van der Waals surface area contributed by atoms with E-state index >= 15 is 0 Å². The first-order chi connectivity index (χ1) is 7.86. The third-order valence-electron chi connectivity index (χ3n) is 2.22. The lowest BCUT2D eigenvalue weighted by Gasteiger charge is -2.14. The van der Waals surface area contributed by atoms with Crippen LogP contribution in [0.1, 0.15) is 26.2 Å². The Balaban J connectivity index is 4.13. The maximum Gasteiger partial charge on any atom is 0.326 e. The standard InChI is InChI=1S/C10H18N2O5/c1-6(17-2)3-4-9(14)12-7(10(15)16)5-8(11)13/h6-7H,3-5H2,1-2H3,(H2,11,13)(H,12,14)(H,15,16)/t6?,7-/m1/s1. The number of carbonyl (C=O) groups is 3. The molecule has 0 aromatic rings. The number of nitrogens with two attached hydrogens (primary N) is 1. The first-order valence-electron chi connectivity index (χ1n) is 5.20. The summed E-state index contributed by atoms with van der Waals surface area (Å²) in [5.74, 6) is -2.50. The van der Waals surface area contributed by atoms with Gasteiger partial charge < -0.3 is 20.9 Å². The van der Waals surface area contributed by atoms with Gasteiger partial charge in [0.05, 0.1) is 12.5 Å². The molecular formula is C10H18N2O5. The second kappa shape index (κ2) is 7.61. The highest BCUT2D eigenvalue weighted by Crippen LogP contribution is 2.01. The zero-order chi connectivity index (χ0) is 13.4. The SMILES string of the molecule is COC(C)CCC(=O)N[C@H](CC(N)=O)C(=O)O. The fourth-order valence-corrected chi connectivity index (χ4v) is 1.12. The van der Waals surface area contributed by atoms with Crippen LogP contribution in [0.4, 0.5) is 0 Å². The van der Waals surface area contributed by atoms with Gasteiger partial charge in [0.1, 0.15) is 6.04 Å². The smallest absolute Gasteiger partial charge is 0.326 e. The Kier molecular flexibility index (Phi) is 6.88. The van der Waals surface area contributed by atoms with Crippen LogP contribution in [0.3, 0.4) is 0 Å². The second-order valence-electron chi connectivity index (χ2n) is 3.71. The summed E-state index contributed by atoms with van der Waals surface area (Å²) in [5, 5.41) is 11.0. The van der Waals surface area contributed by atoms with E-state index in [1.165, 1.54) is 7.11 Å². The monoisotopic (exact) mass is 246 g/mol. The number of aliphatic carboxylic acids is 1. The third-order valence-corrected chi connectivity index (χ3v) is 2.22. The Morgan fingerprint density at radius 1 is 1.41 bits per heavy atom. The van der Waals surface area contributed by atoms with E-state index in [-0.39, 0.29) is 12.5 Å². The Labute approximate surface area is 99.3 Å². The van der Waals surface area contributed by atoms with Crippen molar-refractivity contribution in [3.8, 4) is 0 Å². The van der Waals surface area contributed by atoms with Crippen molar-refractivity contribution in [2.24, 2.45) is 5.73 Å². The molecule has 0 aliphatic rings. The lowest BCUT2D eigenvalue weighted by Crippen LogP contribution is -2.43. The van der Waals surface area contributed by atoms with Crippen molar-refractivity contribution in [3.63, 3.8) is 0 Å². The van der Waals surface area contributed by atoms with Gasteiger partial charge in [-0.05, 0) is 13.3 Å². The molecule has 1 unspecified atom stereocenters. The number of ether oxygens (including phenoxy) is 1. The summed E-state index contributed by atoms with van der Waals surface area (Å²) in [7, 11) is 1.52. The van der Waals surface area contributed by atoms with Crippen LogP contribution < -0.4 is 11.1 Å². The average Bonchev–Trinajstić information content (AvgIpc) is 2.24. The van der Waals surface area contributed by atoms with Gasteiger partial charge in [0, 0.05) is 13.5 Å². The van der Waals surface area contributed by atoms with Crippen molar-refractivity contribution < 1.29 is 24.2 Å². The molecule has 0 aromatic carbocycles. The van der Waals surface area contributed by atoms with Crippen LogP contribution in [0.25, 0.3) is 0 Å². The van der Waals surface area contributed by atoms with Crippen LogP contribution in [-0.2, 0) is 19.1 Å². The lowest BCUT2D eigenvalue weighted by molar-refractivity contribution is -0.143. The molecule has 0 bridgehead atoms. The zero-order valence-corrected chi connectivity index (χ0v) is 9.93. The van der Waals surface area contributed by atoms with Gasteiger partial charge in [-0.15, -0.1) is 0 Å². The Morgan fingerprint density at radius 3 is 2.41 bits per heavy atom. The summed E-state index contributed by atoms with van der Waals surface area (Å²) < 4.78 is 4.95. The zero-order valence-electron chi connectivity index (χ0n) is 9.93. The topological polar surface area (TPSA) is 119 Å². The Bertz CT molecular complexity index is 292. The van der Waals surface area contributed by atoms with Gasteiger partial charge in [0.25, 0.3) is 0 Å². The molecule has 0 heterocycles. The van der Waals surface area contributed by atoms with Crippen molar-refractivity contribution in [2.75, 3.05) is 7.11 Å². The number of carbonyl (C=O) groups excluding carboxylic acids is 2. The predicted molar refractivity (Wildman–Crippen MR) is 59.1 cm³/mol. The molecule has 0 aromatic heterocycles. The van der Waals surface area contributed by atoms with E-state index in [4.69, 9.17) is 15.6 Å². The first-order valence-corrected chi connectivity index (χ1v) is 5.20. The number of nitrogens with one attached hydrogen (secondary N) is 1. The number of primary amides is 1. The van der Waals surface area contributed by atoms with Gasteiger partial charge in [-0.2, -0.15) is 0 Å². The van der Waals surface area contributed by atoms with Gasteiger partial charge in [0.2, 0.25) is 11.8 Å². The quantitative estimate of drug-likeness (QED) is 0.520. The first kappa shape index (κ1) is 15.4. The largest absolute Gasteiger partial charge is 0.480 e. The summed E-state index contributed by atoms with van der Waals surface area (Å²) in [5.41, 5.74) is 4.88.